The molecule has 0 unspecified atom stereocenters. The minimum absolute atomic E-state index is 0.125. The molecule has 0 aliphatic carbocycles. The van der Waals surface area contributed by atoms with Gasteiger partial charge in [0.2, 0.25) is 5.91 Å². The normalized spacial score (nSPS) is 11.3. The number of carbonyl (C=O) groups is 1. The number of thiazole rings is 1. The molecule has 0 aliphatic rings. The van der Waals surface area contributed by atoms with Gasteiger partial charge in [0.05, 0.1) is 23.5 Å². The molecule has 0 bridgehead atoms. The van der Waals surface area contributed by atoms with Crippen molar-refractivity contribution in [2.75, 3.05) is 11.9 Å². The monoisotopic (exact) mass is 532 g/mol. The van der Waals surface area contributed by atoms with Crippen LogP contribution in [0.15, 0.2) is 27.1 Å². The molecule has 3 heterocycles. The van der Waals surface area contributed by atoms with Crippen molar-refractivity contribution in [2.24, 2.45) is 14.1 Å². The third kappa shape index (κ3) is 5.17. The Labute approximate surface area is 214 Å². The molecular weight excluding hydrogens is 506 g/mol. The van der Waals surface area contributed by atoms with Gasteiger partial charge in [-0.1, -0.05) is 19.8 Å². The number of aromatic nitrogens is 5. The number of amides is 1. The molecule has 13 heteroatoms. The average Bonchev–Trinajstić information content (AvgIpc) is 3.44. The highest BCUT2D eigenvalue weighted by atomic mass is 32.1. The zero-order valence-electron chi connectivity index (χ0n) is 20.8. The highest BCUT2D eigenvalue weighted by Crippen LogP contribution is 2.31. The quantitative estimate of drug-likeness (QED) is 0.331. The number of carbonyl (C=O) groups excluding carboxylic acids is 1. The van der Waals surface area contributed by atoms with Crippen LogP contribution in [0.1, 0.15) is 31.9 Å². The summed E-state index contributed by atoms with van der Waals surface area (Å²) in [6, 6.07) is 2.27. The van der Waals surface area contributed by atoms with Gasteiger partial charge in [0.15, 0.2) is 28.0 Å². The molecule has 0 aliphatic heterocycles. The van der Waals surface area contributed by atoms with E-state index in [9.17, 15) is 23.2 Å². The molecule has 1 amide bonds. The second-order valence-electron chi connectivity index (χ2n) is 8.56. The van der Waals surface area contributed by atoms with Crippen LogP contribution in [0.2, 0.25) is 0 Å². The van der Waals surface area contributed by atoms with Crippen LogP contribution in [0.3, 0.4) is 0 Å². The smallest absolute Gasteiger partial charge is 0.331 e. The summed E-state index contributed by atoms with van der Waals surface area (Å²) in [6.45, 7) is 3.58. The van der Waals surface area contributed by atoms with Gasteiger partial charge in [0.1, 0.15) is 6.54 Å². The molecule has 4 aromatic rings. The summed E-state index contributed by atoms with van der Waals surface area (Å²) < 4.78 is 37.7. The van der Waals surface area contributed by atoms with Crippen LogP contribution in [-0.4, -0.2) is 36.4 Å². The fraction of sp³-hybridized carbons (Fsp3) is 0.375. The maximum Gasteiger partial charge on any atom is 0.331 e. The summed E-state index contributed by atoms with van der Waals surface area (Å²) in [4.78, 5) is 41.9. The predicted molar refractivity (Wildman–Crippen MR) is 136 cm³/mol. The number of anilines is 1. The molecule has 1 aromatic carbocycles. The minimum Gasteiger partial charge on any atom is -0.488 e. The van der Waals surface area contributed by atoms with Gasteiger partial charge in [-0.15, -0.1) is 11.3 Å². The molecular formula is C24H26F2N6O4S. The van der Waals surface area contributed by atoms with E-state index in [-0.39, 0.29) is 35.1 Å². The van der Waals surface area contributed by atoms with E-state index in [2.05, 4.69) is 15.4 Å². The zero-order chi connectivity index (χ0) is 26.9. The predicted octanol–water partition coefficient (Wildman–Crippen LogP) is 3.35. The van der Waals surface area contributed by atoms with E-state index < -0.39 is 34.5 Å². The van der Waals surface area contributed by atoms with Gasteiger partial charge >= 0.3 is 5.69 Å². The molecule has 1 N–H and O–H groups in total. The fourth-order valence-electron chi connectivity index (χ4n) is 4.00. The lowest BCUT2D eigenvalue weighted by Crippen LogP contribution is -2.37. The minimum atomic E-state index is -0.831. The van der Waals surface area contributed by atoms with Gasteiger partial charge in [-0.2, -0.15) is 5.10 Å². The first-order valence-electron chi connectivity index (χ1n) is 11.6. The van der Waals surface area contributed by atoms with Crippen molar-refractivity contribution in [3.8, 4) is 17.0 Å². The van der Waals surface area contributed by atoms with Crippen LogP contribution < -0.4 is 21.3 Å². The number of hydrogen-bond acceptors (Lipinski definition) is 7. The van der Waals surface area contributed by atoms with Crippen LogP contribution in [-0.2, 0) is 25.4 Å². The molecule has 196 valence electrons. The third-order valence-electron chi connectivity index (χ3n) is 5.84. The first kappa shape index (κ1) is 26.2. The van der Waals surface area contributed by atoms with Gasteiger partial charge in [0.25, 0.3) is 5.56 Å². The summed E-state index contributed by atoms with van der Waals surface area (Å²) in [5.74, 6) is -2.60. The van der Waals surface area contributed by atoms with Gasteiger partial charge in [-0.05, 0) is 25.5 Å². The second kappa shape index (κ2) is 10.6. The zero-order valence-corrected chi connectivity index (χ0v) is 21.6. The Bertz CT molecular complexity index is 1580. The molecule has 0 saturated heterocycles. The van der Waals surface area contributed by atoms with Crippen LogP contribution in [0.5, 0.6) is 5.75 Å². The second-order valence-corrected chi connectivity index (χ2v) is 9.41. The number of fused-ring (bicyclic) bond motifs is 1. The van der Waals surface area contributed by atoms with Gasteiger partial charge in [0, 0.05) is 25.0 Å². The van der Waals surface area contributed by atoms with E-state index in [1.54, 1.807) is 12.3 Å². The van der Waals surface area contributed by atoms with Gasteiger partial charge in [-0.25, -0.2) is 23.2 Å². The highest BCUT2D eigenvalue weighted by Gasteiger charge is 2.20. The third-order valence-corrected chi connectivity index (χ3v) is 6.60. The summed E-state index contributed by atoms with van der Waals surface area (Å²) >= 11 is 1.08. The molecule has 0 radical (unpaired) electrons. The van der Waals surface area contributed by atoms with Crippen molar-refractivity contribution in [3.63, 3.8) is 0 Å². The SMILES string of the molecule is CCCCCOc1c(F)cc(-c2csc(NC(=O)Cn3nc(C)c4c3c(=O)n(C)c(=O)n4C)n2)cc1F. The number of nitrogens with zero attached hydrogens (tertiary/aromatic N) is 5. The average molecular weight is 533 g/mol. The summed E-state index contributed by atoms with van der Waals surface area (Å²) in [5.41, 5.74) is 0.317. The molecule has 4 rings (SSSR count). The van der Waals surface area contributed by atoms with E-state index >= 15 is 0 Å². The lowest BCUT2D eigenvalue weighted by molar-refractivity contribution is -0.116. The summed E-state index contributed by atoms with van der Waals surface area (Å²) in [7, 11) is 2.88. The Balaban J connectivity index is 1.51. The number of ether oxygens (including phenoxy) is 1. The van der Waals surface area contributed by atoms with Gasteiger partial charge in [-0.3, -0.25) is 18.7 Å². The topological polar surface area (TPSA) is 113 Å². The largest absolute Gasteiger partial charge is 0.488 e. The van der Waals surface area contributed by atoms with Gasteiger partial charge < -0.3 is 10.1 Å². The van der Waals surface area contributed by atoms with E-state index in [1.807, 2.05) is 6.92 Å². The highest BCUT2D eigenvalue weighted by molar-refractivity contribution is 7.14. The molecule has 0 saturated carbocycles. The maximum absolute atomic E-state index is 14.5. The summed E-state index contributed by atoms with van der Waals surface area (Å²) in [5, 5.41) is 8.63. The van der Waals surface area contributed by atoms with Crippen LogP contribution in [0.25, 0.3) is 22.3 Å². The van der Waals surface area contributed by atoms with E-state index in [0.29, 0.717) is 17.6 Å². The standard InChI is InChI=1S/C24H26F2N6O4S/c1-5-6-7-8-36-21-15(25)9-14(10-16(21)26)17-12-37-23(27-17)28-18(33)11-32-20-19(13(2)29-32)30(3)24(35)31(4)22(20)34/h9-10,12H,5-8,11H2,1-4H3,(H,27,28,33). The van der Waals surface area contributed by atoms with E-state index in [1.165, 1.54) is 23.3 Å². The van der Waals surface area contributed by atoms with Crippen LogP contribution in [0, 0.1) is 18.6 Å². The number of unbranched alkanes of at least 4 members (excludes halogenated alkanes) is 2. The number of aryl methyl sites for hydroxylation is 2. The molecule has 0 atom stereocenters. The van der Waals surface area contributed by atoms with E-state index in [4.69, 9.17) is 4.74 Å². The molecule has 0 fully saturated rings. The molecule has 3 aromatic heterocycles. The van der Waals surface area contributed by atoms with Crippen molar-refractivity contribution in [2.45, 2.75) is 39.7 Å². The van der Waals surface area contributed by atoms with Crippen LogP contribution >= 0.6 is 11.3 Å². The van der Waals surface area contributed by atoms with Crippen molar-refractivity contribution < 1.29 is 18.3 Å². The lowest BCUT2D eigenvalue weighted by Gasteiger charge is -2.09. The Hall–Kier alpha value is -3.87. The Morgan fingerprint density at radius 2 is 1.81 bits per heavy atom. The molecule has 37 heavy (non-hydrogen) atoms. The Kier molecular flexibility index (Phi) is 7.52. The number of halogens is 2. The lowest BCUT2D eigenvalue weighted by atomic mass is 10.1. The first-order chi connectivity index (χ1) is 17.6. The first-order valence-corrected chi connectivity index (χ1v) is 12.5. The van der Waals surface area contributed by atoms with Crippen LogP contribution in [0.4, 0.5) is 13.9 Å². The number of benzene rings is 1. The number of nitrogens with one attached hydrogen (secondary N) is 1. The van der Waals surface area contributed by atoms with E-state index in [0.717, 1.165) is 40.9 Å². The van der Waals surface area contributed by atoms with Crippen molar-refractivity contribution in [1.82, 2.24) is 23.9 Å². The van der Waals surface area contributed by atoms with Crippen molar-refractivity contribution in [1.29, 1.82) is 0 Å². The maximum atomic E-state index is 14.5. The Morgan fingerprint density at radius 1 is 1.11 bits per heavy atom. The number of rotatable bonds is 9. The summed E-state index contributed by atoms with van der Waals surface area (Å²) in [6.07, 6.45) is 2.57. The molecule has 10 nitrogen and oxygen atoms in total. The van der Waals surface area contributed by atoms with Crippen molar-refractivity contribution >= 4 is 33.4 Å². The molecule has 0 spiro atoms. The van der Waals surface area contributed by atoms with Crippen molar-refractivity contribution in [3.05, 3.63) is 55.7 Å². The fourth-order valence-corrected chi connectivity index (χ4v) is 4.73. The number of hydrogen-bond donors (Lipinski definition) is 1. The Morgan fingerprint density at radius 3 is 2.49 bits per heavy atom.